The van der Waals surface area contributed by atoms with Crippen LogP contribution in [0.4, 0.5) is 0 Å². The normalized spacial score (nSPS) is 13.9. The third-order valence-corrected chi connectivity index (χ3v) is 4.93. The first-order valence-electron chi connectivity index (χ1n) is 11.0. The van der Waals surface area contributed by atoms with E-state index >= 15 is 0 Å². The monoisotopic (exact) mass is 358 g/mol. The van der Waals surface area contributed by atoms with Gasteiger partial charge in [-0.3, -0.25) is 0 Å². The van der Waals surface area contributed by atoms with Gasteiger partial charge in [0.2, 0.25) is 0 Å². The Hall–Kier alpha value is -0.120. The highest BCUT2D eigenvalue weighted by molar-refractivity contribution is 4.71. The van der Waals surface area contributed by atoms with Crippen molar-refractivity contribution in [3.8, 4) is 0 Å². The molecule has 0 aliphatic rings. The summed E-state index contributed by atoms with van der Waals surface area (Å²) >= 11 is 0. The van der Waals surface area contributed by atoms with Crippen LogP contribution in [0.1, 0.15) is 117 Å². The third kappa shape index (κ3) is 20.0. The highest BCUT2D eigenvalue weighted by Crippen LogP contribution is 2.14. The lowest BCUT2D eigenvalue weighted by molar-refractivity contribution is -0.0424. The highest BCUT2D eigenvalue weighted by atomic mass is 16.5. The topological polar surface area (TPSA) is 49.7 Å². The van der Waals surface area contributed by atoms with Crippen molar-refractivity contribution >= 4 is 0 Å². The molecular weight excluding hydrogens is 312 g/mol. The molecule has 0 radical (unpaired) electrons. The summed E-state index contributed by atoms with van der Waals surface area (Å²) in [6.07, 6.45) is 20.3. The van der Waals surface area contributed by atoms with E-state index in [9.17, 15) is 5.11 Å². The lowest BCUT2D eigenvalue weighted by Crippen LogP contribution is -2.31. The molecular formula is C22H46O3. The lowest BCUT2D eigenvalue weighted by Gasteiger charge is -2.22. The molecule has 1 atom stereocenters. The van der Waals surface area contributed by atoms with Crippen molar-refractivity contribution < 1.29 is 14.9 Å². The van der Waals surface area contributed by atoms with E-state index in [1.54, 1.807) is 6.92 Å². The van der Waals surface area contributed by atoms with Crippen LogP contribution in [-0.2, 0) is 4.74 Å². The molecule has 3 nitrogen and oxygen atoms in total. The zero-order valence-corrected chi connectivity index (χ0v) is 17.2. The summed E-state index contributed by atoms with van der Waals surface area (Å²) in [5.41, 5.74) is -0.793. The quantitative estimate of drug-likeness (QED) is 0.262. The maximum atomic E-state index is 10.0. The number of hydrogen-bond donors (Lipinski definition) is 2. The van der Waals surface area contributed by atoms with Gasteiger partial charge in [-0.1, -0.05) is 90.4 Å². The van der Waals surface area contributed by atoms with E-state index in [1.807, 2.05) is 0 Å². The predicted octanol–water partition coefficient (Wildman–Crippen LogP) is 6.01. The van der Waals surface area contributed by atoms with E-state index in [2.05, 4.69) is 6.92 Å². The molecule has 0 saturated heterocycles. The summed E-state index contributed by atoms with van der Waals surface area (Å²) < 4.78 is 5.57. The number of aliphatic hydroxyl groups is 2. The van der Waals surface area contributed by atoms with Crippen LogP contribution < -0.4 is 0 Å². The summed E-state index contributed by atoms with van der Waals surface area (Å²) in [5, 5.41) is 18.8. The van der Waals surface area contributed by atoms with Crippen molar-refractivity contribution in [3.05, 3.63) is 0 Å². The Kier molecular flexibility index (Phi) is 18.6. The van der Waals surface area contributed by atoms with Crippen LogP contribution in [0.15, 0.2) is 0 Å². The molecule has 0 fully saturated rings. The molecule has 1 unspecified atom stereocenters. The van der Waals surface area contributed by atoms with Gasteiger partial charge >= 0.3 is 0 Å². The molecule has 0 amide bonds. The van der Waals surface area contributed by atoms with E-state index < -0.39 is 5.60 Å². The average Bonchev–Trinajstić information content (AvgIpc) is 2.59. The minimum absolute atomic E-state index is 0.134. The van der Waals surface area contributed by atoms with Crippen molar-refractivity contribution in [2.24, 2.45) is 0 Å². The van der Waals surface area contributed by atoms with Crippen molar-refractivity contribution in [3.63, 3.8) is 0 Å². The first kappa shape index (κ1) is 24.9. The van der Waals surface area contributed by atoms with Crippen molar-refractivity contribution in [1.82, 2.24) is 0 Å². The number of hydrogen-bond acceptors (Lipinski definition) is 3. The summed E-state index contributed by atoms with van der Waals surface area (Å²) in [4.78, 5) is 0. The van der Waals surface area contributed by atoms with Crippen LogP contribution in [0, 0.1) is 0 Å². The van der Waals surface area contributed by atoms with E-state index in [0.29, 0.717) is 19.4 Å². The van der Waals surface area contributed by atoms with Crippen LogP contribution in [0.5, 0.6) is 0 Å². The van der Waals surface area contributed by atoms with Crippen LogP contribution in [0.2, 0.25) is 0 Å². The van der Waals surface area contributed by atoms with Gasteiger partial charge in [-0.25, -0.2) is 0 Å². The van der Waals surface area contributed by atoms with Crippen LogP contribution in [-0.4, -0.2) is 35.6 Å². The van der Waals surface area contributed by atoms with Crippen molar-refractivity contribution in [1.29, 1.82) is 0 Å². The Morgan fingerprint density at radius 2 is 1.12 bits per heavy atom. The molecule has 0 heterocycles. The summed E-state index contributed by atoms with van der Waals surface area (Å²) in [5.74, 6) is 0. The minimum atomic E-state index is -0.793. The molecule has 3 heteroatoms. The molecule has 2 N–H and O–H groups in total. The maximum absolute atomic E-state index is 10.0. The average molecular weight is 359 g/mol. The SMILES string of the molecule is CCCCCCCCCCCCCCCCOCC(C)(O)CCCO. The van der Waals surface area contributed by atoms with Gasteiger partial charge in [0.05, 0.1) is 12.2 Å². The molecule has 0 rings (SSSR count). The summed E-state index contributed by atoms with van der Waals surface area (Å²) in [7, 11) is 0. The van der Waals surface area contributed by atoms with Crippen molar-refractivity contribution in [2.75, 3.05) is 19.8 Å². The van der Waals surface area contributed by atoms with Gasteiger partial charge in [0.25, 0.3) is 0 Å². The first-order chi connectivity index (χ1) is 12.1. The molecule has 0 aromatic heterocycles. The van der Waals surface area contributed by atoms with E-state index in [1.165, 1.54) is 83.5 Å². The molecule has 0 aliphatic heterocycles. The fourth-order valence-electron chi connectivity index (χ4n) is 3.22. The van der Waals surface area contributed by atoms with Crippen LogP contribution in [0.25, 0.3) is 0 Å². The summed E-state index contributed by atoms with van der Waals surface area (Å²) in [6.45, 7) is 5.32. The minimum Gasteiger partial charge on any atom is -0.396 e. The third-order valence-electron chi connectivity index (χ3n) is 4.93. The number of ether oxygens (including phenoxy) is 1. The fraction of sp³-hybridized carbons (Fsp3) is 1.00. The van der Waals surface area contributed by atoms with Gasteiger partial charge in [-0.2, -0.15) is 0 Å². The molecule has 0 aromatic carbocycles. The van der Waals surface area contributed by atoms with Crippen LogP contribution >= 0.6 is 0 Å². The smallest absolute Gasteiger partial charge is 0.0853 e. The predicted molar refractivity (Wildman–Crippen MR) is 108 cm³/mol. The second-order valence-electron chi connectivity index (χ2n) is 7.97. The Bertz CT molecular complexity index is 254. The molecule has 0 aromatic rings. The lowest BCUT2D eigenvalue weighted by atomic mass is 10.0. The van der Waals surface area contributed by atoms with Gasteiger partial charge in [-0.05, 0) is 26.2 Å². The zero-order valence-electron chi connectivity index (χ0n) is 17.2. The van der Waals surface area contributed by atoms with Crippen LogP contribution in [0.3, 0.4) is 0 Å². The van der Waals surface area contributed by atoms with Gasteiger partial charge in [0.1, 0.15) is 0 Å². The zero-order chi connectivity index (χ0) is 18.6. The molecule has 25 heavy (non-hydrogen) atoms. The molecule has 152 valence electrons. The Balaban J connectivity index is 3.14. The summed E-state index contributed by atoms with van der Waals surface area (Å²) in [6, 6.07) is 0. The van der Waals surface area contributed by atoms with Gasteiger partial charge in [0.15, 0.2) is 0 Å². The molecule has 0 saturated carbocycles. The number of aliphatic hydroxyl groups excluding tert-OH is 1. The standard InChI is InChI=1S/C22H46O3/c1-3-4-5-6-7-8-9-10-11-12-13-14-15-16-20-25-21-22(2,24)18-17-19-23/h23-24H,3-21H2,1-2H3. The highest BCUT2D eigenvalue weighted by Gasteiger charge is 2.19. The van der Waals surface area contributed by atoms with E-state index in [0.717, 1.165) is 13.0 Å². The van der Waals surface area contributed by atoms with Gasteiger partial charge in [-0.15, -0.1) is 0 Å². The fourth-order valence-corrected chi connectivity index (χ4v) is 3.22. The van der Waals surface area contributed by atoms with Gasteiger partial charge < -0.3 is 14.9 Å². The molecule has 0 aliphatic carbocycles. The van der Waals surface area contributed by atoms with E-state index in [4.69, 9.17) is 9.84 Å². The molecule has 0 bridgehead atoms. The van der Waals surface area contributed by atoms with Crippen molar-refractivity contribution in [2.45, 2.75) is 122 Å². The Labute approximate surface area is 157 Å². The van der Waals surface area contributed by atoms with Gasteiger partial charge in [0, 0.05) is 13.2 Å². The number of unbranched alkanes of at least 4 members (excludes halogenated alkanes) is 13. The van der Waals surface area contributed by atoms with E-state index in [-0.39, 0.29) is 6.61 Å². The second kappa shape index (κ2) is 18.7. The Morgan fingerprint density at radius 1 is 0.680 bits per heavy atom. The number of rotatable bonds is 20. The Morgan fingerprint density at radius 3 is 1.56 bits per heavy atom. The first-order valence-corrected chi connectivity index (χ1v) is 11.0. The molecule has 0 spiro atoms. The largest absolute Gasteiger partial charge is 0.396 e. The second-order valence-corrected chi connectivity index (χ2v) is 7.97. The maximum Gasteiger partial charge on any atom is 0.0853 e.